The molecule has 0 bridgehead atoms. The first-order valence-corrected chi connectivity index (χ1v) is 7.43. The third-order valence-electron chi connectivity index (χ3n) is 4.39. The zero-order valence-corrected chi connectivity index (χ0v) is 11.8. The second kappa shape index (κ2) is 4.92. The van der Waals surface area contributed by atoms with Gasteiger partial charge in [0.2, 0.25) is 0 Å². The normalized spacial score (nSPS) is 18.6. The molecule has 2 aliphatic heterocycles. The van der Waals surface area contributed by atoms with Crippen LogP contribution in [-0.2, 0) is 6.42 Å². The van der Waals surface area contributed by atoms with Crippen LogP contribution < -0.4 is 10.1 Å². The Kier molecular flexibility index (Phi) is 2.92. The van der Waals surface area contributed by atoms with Gasteiger partial charge in [-0.15, -0.1) is 0 Å². The van der Waals surface area contributed by atoms with E-state index in [0.29, 0.717) is 13.0 Å². The van der Waals surface area contributed by atoms with Gasteiger partial charge in [0.25, 0.3) is 0 Å². The molecule has 2 aromatic rings. The van der Waals surface area contributed by atoms with Gasteiger partial charge in [0, 0.05) is 31.0 Å². The topological polar surface area (TPSA) is 38.3 Å². The molecule has 0 saturated carbocycles. The number of ketones is 1. The van der Waals surface area contributed by atoms with Gasteiger partial charge in [-0.3, -0.25) is 4.79 Å². The van der Waals surface area contributed by atoms with Crippen molar-refractivity contribution in [2.75, 3.05) is 18.5 Å². The summed E-state index contributed by atoms with van der Waals surface area (Å²) in [5, 5.41) is 3.38. The van der Waals surface area contributed by atoms with E-state index in [2.05, 4.69) is 17.4 Å². The maximum Gasteiger partial charge on any atom is 0.167 e. The highest BCUT2D eigenvalue weighted by atomic mass is 16.5. The van der Waals surface area contributed by atoms with Crippen molar-refractivity contribution in [3.05, 3.63) is 59.2 Å². The molecule has 0 aliphatic carbocycles. The van der Waals surface area contributed by atoms with Gasteiger partial charge in [-0.2, -0.15) is 0 Å². The lowest BCUT2D eigenvalue weighted by Crippen LogP contribution is -2.10. The smallest absolute Gasteiger partial charge is 0.167 e. The summed E-state index contributed by atoms with van der Waals surface area (Å²) < 4.78 is 5.65. The number of carbonyl (C=O) groups is 1. The molecule has 106 valence electrons. The number of rotatable bonds is 3. The summed E-state index contributed by atoms with van der Waals surface area (Å²) in [6, 6.07) is 14.1. The quantitative estimate of drug-likeness (QED) is 0.875. The maximum atomic E-state index is 12.7. The monoisotopic (exact) mass is 279 g/mol. The number of Topliss-reactive ketones (excluding diaryl/α,β-unsaturated/α-hetero) is 1. The molecule has 0 radical (unpaired) electrons. The molecule has 0 aromatic heterocycles. The van der Waals surface area contributed by atoms with Gasteiger partial charge >= 0.3 is 0 Å². The molecule has 0 saturated heterocycles. The van der Waals surface area contributed by atoms with E-state index in [0.717, 1.165) is 35.5 Å². The molecule has 3 heteroatoms. The molecule has 21 heavy (non-hydrogen) atoms. The fraction of sp³-hybridized carbons (Fsp3) is 0.278. The number of carbonyl (C=O) groups excluding carboxylic acids is 1. The number of nitrogens with one attached hydrogen (secondary N) is 1. The van der Waals surface area contributed by atoms with E-state index in [9.17, 15) is 4.79 Å². The zero-order chi connectivity index (χ0) is 14.2. The highest BCUT2D eigenvalue weighted by Crippen LogP contribution is 2.36. The number of fused-ring (bicyclic) bond motifs is 2. The summed E-state index contributed by atoms with van der Waals surface area (Å²) in [5.41, 5.74) is 4.31. The number of ether oxygens (including phenoxy) is 1. The van der Waals surface area contributed by atoms with Crippen LogP contribution in [0.4, 0.5) is 5.69 Å². The number of benzene rings is 2. The van der Waals surface area contributed by atoms with Gasteiger partial charge < -0.3 is 10.1 Å². The lowest BCUT2D eigenvalue weighted by Gasteiger charge is -2.11. The van der Waals surface area contributed by atoms with Gasteiger partial charge in [0.1, 0.15) is 5.75 Å². The van der Waals surface area contributed by atoms with Crippen LogP contribution in [0.1, 0.15) is 33.8 Å². The van der Waals surface area contributed by atoms with Crippen LogP contribution in [-0.4, -0.2) is 18.9 Å². The van der Waals surface area contributed by atoms with Crippen LogP contribution in [0, 0.1) is 0 Å². The number of hydrogen-bond acceptors (Lipinski definition) is 3. The van der Waals surface area contributed by atoms with E-state index in [4.69, 9.17) is 4.74 Å². The first-order valence-electron chi connectivity index (χ1n) is 7.43. The van der Waals surface area contributed by atoms with Crippen molar-refractivity contribution in [2.24, 2.45) is 0 Å². The molecule has 2 aliphatic rings. The Morgan fingerprint density at radius 1 is 1.19 bits per heavy atom. The summed E-state index contributed by atoms with van der Waals surface area (Å²) in [6.45, 7) is 1.52. The summed E-state index contributed by atoms with van der Waals surface area (Å²) in [6.07, 6.45) is 1.44. The van der Waals surface area contributed by atoms with Crippen molar-refractivity contribution in [1.82, 2.24) is 0 Å². The van der Waals surface area contributed by atoms with Crippen molar-refractivity contribution in [1.29, 1.82) is 0 Å². The predicted molar refractivity (Wildman–Crippen MR) is 82.3 cm³/mol. The Bertz CT molecular complexity index is 708. The van der Waals surface area contributed by atoms with Gasteiger partial charge in [-0.1, -0.05) is 30.3 Å². The second-order valence-corrected chi connectivity index (χ2v) is 5.68. The first kappa shape index (κ1) is 12.5. The molecule has 1 N–H and O–H groups in total. The molecule has 2 aromatic carbocycles. The number of hydrogen-bond donors (Lipinski definition) is 1. The largest absolute Gasteiger partial charge is 0.492 e. The van der Waals surface area contributed by atoms with Crippen LogP contribution in [0.5, 0.6) is 5.75 Å². The fourth-order valence-electron chi connectivity index (χ4n) is 3.31. The maximum absolute atomic E-state index is 12.7. The lowest BCUT2D eigenvalue weighted by molar-refractivity contribution is 0.0972. The standard InChI is InChI=1S/C18H17NO2/c20-17(15-6-3-4-12-8-9-21-18(12)15)10-13-11-19-16-7-2-1-5-14(13)16/h1-7,13,19H,8-11H2. The minimum Gasteiger partial charge on any atom is -0.492 e. The summed E-state index contributed by atoms with van der Waals surface area (Å²) in [4.78, 5) is 12.7. The Morgan fingerprint density at radius 3 is 3.05 bits per heavy atom. The number of anilines is 1. The van der Waals surface area contributed by atoms with Crippen molar-refractivity contribution in [3.8, 4) is 5.75 Å². The van der Waals surface area contributed by atoms with Crippen LogP contribution in [0.15, 0.2) is 42.5 Å². The third kappa shape index (κ3) is 2.09. The summed E-state index contributed by atoms with van der Waals surface area (Å²) in [5.74, 6) is 1.24. The molecular formula is C18H17NO2. The summed E-state index contributed by atoms with van der Waals surface area (Å²) in [7, 11) is 0. The van der Waals surface area contributed by atoms with Crippen molar-refractivity contribution >= 4 is 11.5 Å². The van der Waals surface area contributed by atoms with Crippen LogP contribution in [0.25, 0.3) is 0 Å². The highest BCUT2D eigenvalue weighted by molar-refractivity contribution is 6.00. The lowest BCUT2D eigenvalue weighted by atomic mass is 9.92. The fourth-order valence-corrected chi connectivity index (χ4v) is 3.31. The van der Waals surface area contributed by atoms with Crippen molar-refractivity contribution in [3.63, 3.8) is 0 Å². The van der Waals surface area contributed by atoms with Crippen LogP contribution in [0.2, 0.25) is 0 Å². The van der Waals surface area contributed by atoms with E-state index in [1.165, 1.54) is 5.56 Å². The molecule has 0 spiro atoms. The van der Waals surface area contributed by atoms with Crippen LogP contribution in [0.3, 0.4) is 0 Å². The van der Waals surface area contributed by atoms with Gasteiger partial charge in [-0.05, 0) is 23.3 Å². The highest BCUT2D eigenvalue weighted by Gasteiger charge is 2.27. The molecule has 0 fully saturated rings. The first-order chi connectivity index (χ1) is 10.3. The SMILES string of the molecule is O=C(CC1CNc2ccccc21)c1cccc2c1OCC2. The molecule has 3 nitrogen and oxygen atoms in total. The third-order valence-corrected chi connectivity index (χ3v) is 4.39. The van der Waals surface area contributed by atoms with Crippen molar-refractivity contribution < 1.29 is 9.53 Å². The average molecular weight is 279 g/mol. The van der Waals surface area contributed by atoms with E-state index in [1.807, 2.05) is 30.3 Å². The Morgan fingerprint density at radius 2 is 2.10 bits per heavy atom. The van der Waals surface area contributed by atoms with Crippen LogP contribution >= 0.6 is 0 Å². The second-order valence-electron chi connectivity index (χ2n) is 5.68. The molecule has 4 rings (SSSR count). The van der Waals surface area contributed by atoms with E-state index in [-0.39, 0.29) is 11.7 Å². The number of para-hydroxylation sites is 2. The Balaban J connectivity index is 1.59. The van der Waals surface area contributed by atoms with Crippen molar-refractivity contribution in [2.45, 2.75) is 18.8 Å². The Labute approximate surface area is 123 Å². The summed E-state index contributed by atoms with van der Waals surface area (Å²) >= 11 is 0. The molecule has 1 atom stereocenters. The molecule has 0 amide bonds. The Hall–Kier alpha value is -2.29. The van der Waals surface area contributed by atoms with Gasteiger partial charge in [0.05, 0.1) is 12.2 Å². The van der Waals surface area contributed by atoms with E-state index >= 15 is 0 Å². The molecular weight excluding hydrogens is 262 g/mol. The van der Waals surface area contributed by atoms with Gasteiger partial charge in [0.15, 0.2) is 5.78 Å². The van der Waals surface area contributed by atoms with E-state index in [1.54, 1.807) is 0 Å². The minimum atomic E-state index is 0.178. The van der Waals surface area contributed by atoms with Gasteiger partial charge in [-0.25, -0.2) is 0 Å². The zero-order valence-electron chi connectivity index (χ0n) is 11.8. The average Bonchev–Trinajstić information content (AvgIpc) is 3.14. The van der Waals surface area contributed by atoms with E-state index < -0.39 is 0 Å². The molecule has 1 unspecified atom stereocenters. The molecule has 2 heterocycles. The minimum absolute atomic E-state index is 0.178. The predicted octanol–water partition coefficient (Wildman–Crippen LogP) is 3.40.